The van der Waals surface area contributed by atoms with Crippen LogP contribution in [-0.4, -0.2) is 11.1 Å². The van der Waals surface area contributed by atoms with Gasteiger partial charge in [0.15, 0.2) is 0 Å². The SMILES string of the molecule is O=C(O)c1ccccc1COc1ccccc1-c1ccccc1. The highest BCUT2D eigenvalue weighted by molar-refractivity contribution is 5.89. The first-order valence-corrected chi connectivity index (χ1v) is 7.34. The molecule has 0 aliphatic heterocycles. The first-order valence-electron chi connectivity index (χ1n) is 7.34. The summed E-state index contributed by atoms with van der Waals surface area (Å²) in [6, 6.07) is 24.6. The quantitative estimate of drug-likeness (QED) is 0.747. The van der Waals surface area contributed by atoms with Crippen molar-refractivity contribution in [3.63, 3.8) is 0 Å². The van der Waals surface area contributed by atoms with Gasteiger partial charge in [-0.25, -0.2) is 4.79 Å². The number of para-hydroxylation sites is 1. The first kappa shape index (κ1) is 14.9. The molecule has 0 amide bonds. The molecule has 0 atom stereocenters. The van der Waals surface area contributed by atoms with E-state index in [0.29, 0.717) is 5.56 Å². The Balaban J connectivity index is 1.87. The van der Waals surface area contributed by atoms with Crippen LogP contribution in [0.25, 0.3) is 11.1 Å². The summed E-state index contributed by atoms with van der Waals surface area (Å²) in [5, 5.41) is 9.24. The molecule has 3 heteroatoms. The summed E-state index contributed by atoms with van der Waals surface area (Å²) in [4.78, 5) is 11.3. The van der Waals surface area contributed by atoms with E-state index < -0.39 is 5.97 Å². The maximum absolute atomic E-state index is 11.3. The molecule has 0 unspecified atom stereocenters. The average Bonchev–Trinajstić information content (AvgIpc) is 2.61. The van der Waals surface area contributed by atoms with E-state index in [1.165, 1.54) is 0 Å². The van der Waals surface area contributed by atoms with Crippen LogP contribution in [0.2, 0.25) is 0 Å². The number of aromatic carboxylic acids is 1. The molecule has 0 aromatic heterocycles. The minimum Gasteiger partial charge on any atom is -0.488 e. The highest BCUT2D eigenvalue weighted by atomic mass is 16.5. The minimum atomic E-state index is -0.944. The molecule has 3 aromatic carbocycles. The first-order chi connectivity index (χ1) is 11.3. The van der Waals surface area contributed by atoms with Crippen LogP contribution in [0.3, 0.4) is 0 Å². The summed E-state index contributed by atoms with van der Waals surface area (Å²) in [6.45, 7) is 0.215. The second kappa shape index (κ2) is 6.79. The van der Waals surface area contributed by atoms with E-state index in [1.807, 2.05) is 60.7 Å². The molecule has 0 spiro atoms. The highest BCUT2D eigenvalue weighted by Crippen LogP contribution is 2.30. The third-order valence-electron chi connectivity index (χ3n) is 3.60. The van der Waals surface area contributed by atoms with Gasteiger partial charge in [0.05, 0.1) is 5.56 Å². The van der Waals surface area contributed by atoms with E-state index in [1.54, 1.807) is 18.2 Å². The lowest BCUT2D eigenvalue weighted by atomic mass is 10.0. The van der Waals surface area contributed by atoms with Crippen molar-refractivity contribution in [1.82, 2.24) is 0 Å². The molecule has 0 bridgehead atoms. The van der Waals surface area contributed by atoms with Crippen molar-refractivity contribution in [2.75, 3.05) is 0 Å². The number of rotatable bonds is 5. The Bertz CT molecular complexity index is 810. The molecule has 0 radical (unpaired) electrons. The maximum atomic E-state index is 11.3. The Morgan fingerprint density at radius 1 is 0.826 bits per heavy atom. The number of ether oxygens (including phenoxy) is 1. The van der Waals surface area contributed by atoms with Crippen molar-refractivity contribution >= 4 is 5.97 Å². The number of hydrogen-bond donors (Lipinski definition) is 1. The fraction of sp³-hybridized carbons (Fsp3) is 0.0500. The summed E-state index contributed by atoms with van der Waals surface area (Å²) >= 11 is 0. The zero-order valence-corrected chi connectivity index (χ0v) is 12.5. The van der Waals surface area contributed by atoms with Crippen LogP contribution in [0, 0.1) is 0 Å². The fourth-order valence-electron chi connectivity index (χ4n) is 2.46. The van der Waals surface area contributed by atoms with Crippen LogP contribution in [0.4, 0.5) is 0 Å². The highest BCUT2D eigenvalue weighted by Gasteiger charge is 2.11. The molecule has 0 saturated heterocycles. The second-order valence-electron chi connectivity index (χ2n) is 5.11. The van der Waals surface area contributed by atoms with Gasteiger partial charge in [-0.1, -0.05) is 66.7 Å². The lowest BCUT2D eigenvalue weighted by Gasteiger charge is -2.13. The van der Waals surface area contributed by atoms with Crippen molar-refractivity contribution in [1.29, 1.82) is 0 Å². The average molecular weight is 304 g/mol. The molecule has 0 heterocycles. The summed E-state index contributed by atoms with van der Waals surface area (Å²) in [5.74, 6) is -0.209. The zero-order valence-electron chi connectivity index (χ0n) is 12.5. The van der Waals surface area contributed by atoms with E-state index in [2.05, 4.69) is 0 Å². The molecule has 114 valence electrons. The Labute approximate surface area is 134 Å². The molecule has 3 nitrogen and oxygen atoms in total. The molecule has 0 aliphatic carbocycles. The monoisotopic (exact) mass is 304 g/mol. The van der Waals surface area contributed by atoms with Crippen LogP contribution in [-0.2, 0) is 6.61 Å². The zero-order chi connectivity index (χ0) is 16.1. The summed E-state index contributed by atoms with van der Waals surface area (Å²) < 4.78 is 5.91. The predicted octanol–water partition coefficient (Wildman–Crippen LogP) is 4.63. The van der Waals surface area contributed by atoms with E-state index in [0.717, 1.165) is 16.9 Å². The number of carboxylic acids is 1. The van der Waals surface area contributed by atoms with Gasteiger partial charge in [-0.2, -0.15) is 0 Å². The van der Waals surface area contributed by atoms with E-state index >= 15 is 0 Å². The number of benzene rings is 3. The van der Waals surface area contributed by atoms with Gasteiger partial charge in [-0.15, -0.1) is 0 Å². The van der Waals surface area contributed by atoms with Crippen molar-refractivity contribution < 1.29 is 14.6 Å². The van der Waals surface area contributed by atoms with Crippen molar-refractivity contribution in [2.45, 2.75) is 6.61 Å². The number of hydrogen-bond acceptors (Lipinski definition) is 2. The Hall–Kier alpha value is -3.07. The second-order valence-corrected chi connectivity index (χ2v) is 5.11. The molecule has 0 fully saturated rings. The number of carboxylic acid groups (broad SMARTS) is 1. The predicted molar refractivity (Wildman–Crippen MR) is 89.6 cm³/mol. The third-order valence-corrected chi connectivity index (χ3v) is 3.60. The molecule has 23 heavy (non-hydrogen) atoms. The van der Waals surface area contributed by atoms with E-state index in [4.69, 9.17) is 4.74 Å². The van der Waals surface area contributed by atoms with Crippen LogP contribution >= 0.6 is 0 Å². The summed E-state index contributed by atoms with van der Waals surface area (Å²) in [5.41, 5.74) is 2.98. The largest absolute Gasteiger partial charge is 0.488 e. The third kappa shape index (κ3) is 3.40. The summed E-state index contributed by atoms with van der Waals surface area (Å²) in [7, 11) is 0. The Kier molecular flexibility index (Phi) is 4.39. The van der Waals surface area contributed by atoms with Gasteiger partial charge in [0.1, 0.15) is 12.4 Å². The van der Waals surface area contributed by atoms with Crippen molar-refractivity contribution in [3.8, 4) is 16.9 Å². The van der Waals surface area contributed by atoms with Gasteiger partial charge in [-0.3, -0.25) is 0 Å². The molecule has 3 aromatic rings. The van der Waals surface area contributed by atoms with Crippen LogP contribution in [0.1, 0.15) is 15.9 Å². The molecule has 3 rings (SSSR count). The van der Waals surface area contributed by atoms with Gasteiger partial charge in [-0.05, 0) is 17.7 Å². The van der Waals surface area contributed by atoms with Crippen LogP contribution in [0.5, 0.6) is 5.75 Å². The number of carbonyl (C=O) groups is 1. The molecular weight excluding hydrogens is 288 g/mol. The van der Waals surface area contributed by atoms with Crippen molar-refractivity contribution in [3.05, 3.63) is 90.0 Å². The van der Waals surface area contributed by atoms with Gasteiger partial charge in [0.25, 0.3) is 0 Å². The van der Waals surface area contributed by atoms with Crippen molar-refractivity contribution in [2.24, 2.45) is 0 Å². The fourth-order valence-corrected chi connectivity index (χ4v) is 2.46. The minimum absolute atomic E-state index is 0.215. The molecule has 0 aliphatic rings. The van der Waals surface area contributed by atoms with E-state index in [-0.39, 0.29) is 12.2 Å². The smallest absolute Gasteiger partial charge is 0.336 e. The topological polar surface area (TPSA) is 46.5 Å². The Morgan fingerprint density at radius 3 is 2.26 bits per heavy atom. The molecular formula is C20H16O3. The normalized spacial score (nSPS) is 10.3. The van der Waals surface area contributed by atoms with Gasteiger partial charge >= 0.3 is 5.97 Å². The molecule has 1 N–H and O–H groups in total. The van der Waals surface area contributed by atoms with Crippen LogP contribution in [0.15, 0.2) is 78.9 Å². The Morgan fingerprint density at radius 2 is 1.48 bits per heavy atom. The lowest BCUT2D eigenvalue weighted by molar-refractivity contribution is 0.0694. The van der Waals surface area contributed by atoms with Gasteiger partial charge < -0.3 is 9.84 Å². The standard InChI is InChI=1S/C20H16O3/c21-20(22)18-12-5-4-10-16(18)14-23-19-13-7-6-11-17(19)15-8-2-1-3-9-15/h1-13H,14H2,(H,21,22). The maximum Gasteiger partial charge on any atom is 0.336 e. The van der Waals surface area contributed by atoms with Crippen LogP contribution < -0.4 is 4.74 Å². The van der Waals surface area contributed by atoms with Gasteiger partial charge in [0, 0.05) is 11.1 Å². The molecule has 0 saturated carbocycles. The summed E-state index contributed by atoms with van der Waals surface area (Å²) in [6.07, 6.45) is 0. The van der Waals surface area contributed by atoms with E-state index in [9.17, 15) is 9.90 Å². The lowest BCUT2D eigenvalue weighted by Crippen LogP contribution is -2.05. The van der Waals surface area contributed by atoms with Gasteiger partial charge in [0.2, 0.25) is 0 Å².